The molecule has 0 spiro atoms. The molecule has 2 rings (SSSR count). The van der Waals surface area contributed by atoms with Gasteiger partial charge < -0.3 is 5.11 Å². The van der Waals surface area contributed by atoms with E-state index in [2.05, 4.69) is 0 Å². The zero-order valence-corrected chi connectivity index (χ0v) is 16.9. The monoisotopic (exact) mass is 432 g/mol. The van der Waals surface area contributed by atoms with E-state index in [1.54, 1.807) is 29.8 Å². The number of aromatic nitrogens is 1. The minimum absolute atomic E-state index is 0.0273. The van der Waals surface area contributed by atoms with Crippen LogP contribution in [0, 0.1) is 0 Å². The third-order valence-corrected chi connectivity index (χ3v) is 6.30. The van der Waals surface area contributed by atoms with Crippen LogP contribution in [0.25, 0.3) is 11.1 Å². The van der Waals surface area contributed by atoms with Crippen molar-refractivity contribution in [1.82, 2.24) is 9.29 Å². The number of aliphatic hydroxyl groups is 1. The standard InChI is InChI=1S/C17H18Cl2N2O5S/c1-3-4-15(22)20-27(25,26)17(2,24)21-8-7-12(10-16(21)23)11-5-6-13(18)14(19)9-11/h5-10,24H,3-4H2,1-2H3,(H,20,22)/t17-/m1/s1. The fourth-order valence-corrected chi connectivity index (χ4v) is 3.63. The number of rotatable bonds is 6. The van der Waals surface area contributed by atoms with Crippen LogP contribution in [0.1, 0.15) is 26.7 Å². The predicted molar refractivity (Wildman–Crippen MR) is 104 cm³/mol. The number of nitrogens with one attached hydrogen (secondary N) is 1. The van der Waals surface area contributed by atoms with Crippen molar-refractivity contribution >= 4 is 39.1 Å². The smallest absolute Gasteiger partial charge is 0.285 e. The lowest BCUT2D eigenvalue weighted by Gasteiger charge is -2.26. The molecule has 0 saturated carbocycles. The van der Waals surface area contributed by atoms with Gasteiger partial charge >= 0.3 is 0 Å². The van der Waals surface area contributed by atoms with Crippen molar-refractivity contribution in [3.63, 3.8) is 0 Å². The Bertz CT molecular complexity index is 1030. The summed E-state index contributed by atoms with van der Waals surface area (Å²) in [4.78, 5) is 24.0. The van der Waals surface area contributed by atoms with Gasteiger partial charge in [-0.25, -0.2) is 13.1 Å². The normalized spacial score (nSPS) is 13.8. The van der Waals surface area contributed by atoms with E-state index in [4.69, 9.17) is 23.2 Å². The van der Waals surface area contributed by atoms with Crippen LogP contribution in [-0.2, 0) is 19.9 Å². The number of carbonyl (C=O) groups is 1. The van der Waals surface area contributed by atoms with Gasteiger partial charge in [-0.1, -0.05) is 36.2 Å². The Morgan fingerprint density at radius 1 is 1.19 bits per heavy atom. The average Bonchev–Trinajstić information content (AvgIpc) is 2.56. The first-order valence-corrected chi connectivity index (χ1v) is 10.2. The highest BCUT2D eigenvalue weighted by Gasteiger charge is 2.40. The quantitative estimate of drug-likeness (QED) is 0.729. The summed E-state index contributed by atoms with van der Waals surface area (Å²) in [6, 6.07) is 7.36. The number of halogens is 2. The van der Waals surface area contributed by atoms with Crippen molar-refractivity contribution in [3.05, 3.63) is 56.9 Å². The zero-order valence-electron chi connectivity index (χ0n) is 14.6. The van der Waals surface area contributed by atoms with Gasteiger partial charge in [-0.2, -0.15) is 0 Å². The molecular weight excluding hydrogens is 415 g/mol. The Kier molecular flexibility index (Phi) is 6.36. The van der Waals surface area contributed by atoms with Crippen LogP contribution in [0.4, 0.5) is 0 Å². The van der Waals surface area contributed by atoms with Gasteiger partial charge in [0.2, 0.25) is 5.91 Å². The van der Waals surface area contributed by atoms with Crippen LogP contribution in [0.2, 0.25) is 10.0 Å². The molecule has 2 N–H and O–H groups in total. The van der Waals surface area contributed by atoms with Gasteiger partial charge in [0, 0.05) is 25.6 Å². The Hall–Kier alpha value is -1.87. The molecule has 1 heterocycles. The van der Waals surface area contributed by atoms with E-state index in [1.807, 2.05) is 0 Å². The number of hydrogen-bond donors (Lipinski definition) is 2. The van der Waals surface area contributed by atoms with Crippen molar-refractivity contribution < 1.29 is 18.3 Å². The summed E-state index contributed by atoms with van der Waals surface area (Å²) in [5, 5.41) is 8.46. The minimum atomic E-state index is -4.57. The maximum atomic E-state index is 12.4. The van der Waals surface area contributed by atoms with E-state index in [1.165, 1.54) is 6.07 Å². The number of amides is 1. The van der Waals surface area contributed by atoms with Crippen molar-refractivity contribution in [2.24, 2.45) is 0 Å². The largest absolute Gasteiger partial charge is 0.357 e. The second kappa shape index (κ2) is 8.02. The van der Waals surface area contributed by atoms with Crippen LogP contribution in [-0.4, -0.2) is 24.0 Å². The van der Waals surface area contributed by atoms with Gasteiger partial charge in [0.1, 0.15) is 0 Å². The Labute approximate surface area is 166 Å². The fraction of sp³-hybridized carbons (Fsp3) is 0.294. The van der Waals surface area contributed by atoms with Gasteiger partial charge in [0.25, 0.3) is 20.6 Å². The molecule has 2 aromatic rings. The zero-order chi connectivity index (χ0) is 20.4. The summed E-state index contributed by atoms with van der Waals surface area (Å²) >= 11 is 11.8. The lowest BCUT2D eigenvalue weighted by molar-refractivity contribution is -0.119. The fourth-order valence-electron chi connectivity index (χ4n) is 2.33. The van der Waals surface area contributed by atoms with Gasteiger partial charge in [0.05, 0.1) is 10.0 Å². The van der Waals surface area contributed by atoms with E-state index in [-0.39, 0.29) is 6.42 Å². The van der Waals surface area contributed by atoms with E-state index < -0.39 is 26.5 Å². The van der Waals surface area contributed by atoms with Crippen molar-refractivity contribution in [3.8, 4) is 11.1 Å². The van der Waals surface area contributed by atoms with Crippen LogP contribution in [0.15, 0.2) is 41.3 Å². The molecule has 0 aliphatic rings. The third kappa shape index (κ3) is 4.52. The first kappa shape index (κ1) is 21.4. The molecule has 0 fully saturated rings. The van der Waals surface area contributed by atoms with Gasteiger partial charge in [-0.05, 0) is 35.7 Å². The second-order valence-corrected chi connectivity index (χ2v) is 8.76. The molecule has 0 unspecified atom stereocenters. The van der Waals surface area contributed by atoms with Crippen LogP contribution in [0.5, 0.6) is 0 Å². The van der Waals surface area contributed by atoms with Crippen molar-refractivity contribution in [2.45, 2.75) is 31.7 Å². The van der Waals surface area contributed by atoms with Crippen molar-refractivity contribution in [1.29, 1.82) is 0 Å². The molecule has 10 heteroatoms. The highest BCUT2D eigenvalue weighted by molar-refractivity contribution is 7.90. The SMILES string of the molecule is CCCC(=O)NS(=O)(=O)[C@@](C)(O)n1ccc(-c2ccc(Cl)c(Cl)c2)cc1=O. The molecule has 0 aliphatic carbocycles. The molecule has 0 aliphatic heterocycles. The van der Waals surface area contributed by atoms with Crippen molar-refractivity contribution in [2.75, 3.05) is 0 Å². The third-order valence-electron chi connectivity index (χ3n) is 3.85. The molecular formula is C17H18Cl2N2O5S. The minimum Gasteiger partial charge on any atom is -0.357 e. The molecule has 1 amide bonds. The Morgan fingerprint density at radius 2 is 1.81 bits per heavy atom. The Morgan fingerprint density at radius 3 is 2.37 bits per heavy atom. The van der Waals surface area contributed by atoms with Crippen LogP contribution in [0.3, 0.4) is 0 Å². The second-order valence-electron chi connectivity index (χ2n) is 5.97. The highest BCUT2D eigenvalue weighted by Crippen LogP contribution is 2.28. The molecule has 0 radical (unpaired) electrons. The number of sulfonamides is 1. The summed E-state index contributed by atoms with van der Waals surface area (Å²) in [5.41, 5.74) is 0.266. The maximum absolute atomic E-state index is 12.4. The number of nitrogens with zero attached hydrogens (tertiary/aromatic N) is 1. The summed E-state index contributed by atoms with van der Waals surface area (Å²) in [6.07, 6.45) is 1.53. The van der Waals surface area contributed by atoms with Crippen LogP contribution >= 0.6 is 23.2 Å². The summed E-state index contributed by atoms with van der Waals surface area (Å²) in [5.74, 6) is -0.766. The number of pyridine rings is 1. The van der Waals surface area contributed by atoms with Crippen LogP contribution < -0.4 is 10.3 Å². The molecule has 7 nitrogen and oxygen atoms in total. The van der Waals surface area contributed by atoms with E-state index in [9.17, 15) is 23.1 Å². The first-order chi connectivity index (χ1) is 12.5. The summed E-state index contributed by atoms with van der Waals surface area (Å²) in [6.45, 7) is 2.62. The average molecular weight is 433 g/mol. The molecule has 27 heavy (non-hydrogen) atoms. The molecule has 1 aromatic carbocycles. The highest BCUT2D eigenvalue weighted by atomic mass is 35.5. The summed E-state index contributed by atoms with van der Waals surface area (Å²) < 4.78 is 27.1. The van der Waals surface area contributed by atoms with Gasteiger partial charge in [0.15, 0.2) is 0 Å². The van der Waals surface area contributed by atoms with Gasteiger partial charge in [-0.3, -0.25) is 14.2 Å². The first-order valence-electron chi connectivity index (χ1n) is 7.95. The molecule has 146 valence electrons. The molecule has 0 bridgehead atoms. The summed E-state index contributed by atoms with van der Waals surface area (Å²) in [7, 11) is -4.57. The maximum Gasteiger partial charge on any atom is 0.285 e. The lowest BCUT2D eigenvalue weighted by atomic mass is 10.1. The topological polar surface area (TPSA) is 105 Å². The molecule has 1 atom stereocenters. The van der Waals surface area contributed by atoms with E-state index in [0.29, 0.717) is 32.2 Å². The van der Waals surface area contributed by atoms with E-state index >= 15 is 0 Å². The lowest BCUT2D eigenvalue weighted by Crippen LogP contribution is -2.51. The molecule has 1 aromatic heterocycles. The number of benzene rings is 1. The molecule has 0 saturated heterocycles. The number of hydrogen-bond acceptors (Lipinski definition) is 5. The van der Waals surface area contributed by atoms with Gasteiger partial charge in [-0.15, -0.1) is 0 Å². The Balaban J connectivity index is 2.42. The van der Waals surface area contributed by atoms with E-state index in [0.717, 1.165) is 19.2 Å². The number of carbonyl (C=O) groups excluding carboxylic acids is 1. The predicted octanol–water partition coefficient (Wildman–Crippen LogP) is 2.69.